The smallest absolute Gasteiger partial charge is 0.598 e. The fraction of sp³-hybridized carbons (Fsp3) is 0.692. The number of fused-ring (bicyclic) bond motifs is 2. The van der Waals surface area contributed by atoms with Crippen LogP contribution in [0.15, 0.2) is 48.5 Å². The van der Waals surface area contributed by atoms with E-state index in [0.717, 1.165) is 26.2 Å². The van der Waals surface area contributed by atoms with Crippen LogP contribution in [0.25, 0.3) is 4.65 Å². The summed E-state index contributed by atoms with van der Waals surface area (Å²) in [5.74, 6) is 0. The van der Waals surface area contributed by atoms with Crippen LogP contribution in [0.3, 0.4) is 0 Å². The summed E-state index contributed by atoms with van der Waals surface area (Å²) in [6, 6.07) is 18.7. The van der Waals surface area contributed by atoms with Crippen LogP contribution < -0.4 is 37.1 Å². The summed E-state index contributed by atoms with van der Waals surface area (Å²) < 4.78 is 18.7. The molecular weight excluding hydrogens is 630 g/mol. The second kappa shape index (κ2) is 13.1. The number of para-hydroxylation sites is 4. The number of rotatable bonds is 7. The topological polar surface area (TPSA) is 27.1 Å². The summed E-state index contributed by atoms with van der Waals surface area (Å²) in [6.07, 6.45) is 0. The Morgan fingerprint density at radius 1 is 0.479 bits per heavy atom. The van der Waals surface area contributed by atoms with Crippen LogP contribution in [0.4, 0.5) is 22.7 Å². The Kier molecular flexibility index (Phi) is 11.3. The molecule has 2 heterocycles. The van der Waals surface area contributed by atoms with Crippen molar-refractivity contribution >= 4 is 47.0 Å². The number of nitrogens with zero attached hydrogens (tertiary/aromatic N) is 5. The molecule has 0 radical (unpaired) electrons. The van der Waals surface area contributed by atoms with E-state index in [1.165, 1.54) is 22.7 Å². The Hall–Kier alpha value is -1.15. The first-order valence-corrected chi connectivity index (χ1v) is 26.3. The standard InChI is InChI=1S/C39H70N5Si3.Li/c1-35(2,3)27-41-31-23-19-20-24-32(31)42(28-36(4,5)6)46(41,39(13,14)15)40-47(45(16,17)18)43(29-37(7,8)9)33-25-21-22-26-34(33)44(47)30-38(10,11)12;/h19-26H,27-30H2,1-18H3;/q-1;+1. The van der Waals surface area contributed by atoms with Crippen LogP contribution in [0.5, 0.6) is 0 Å². The molecule has 0 fully saturated rings. The molecule has 5 nitrogen and oxygen atoms in total. The van der Waals surface area contributed by atoms with E-state index in [0.29, 0.717) is 0 Å². The van der Waals surface area contributed by atoms with Gasteiger partial charge in [-0.15, -0.1) is 0 Å². The molecule has 0 saturated heterocycles. The molecule has 9 heteroatoms. The fourth-order valence-corrected chi connectivity index (χ4v) is 33.4. The summed E-state index contributed by atoms with van der Waals surface area (Å²) in [5.41, 5.74) is 6.02. The van der Waals surface area contributed by atoms with Crippen LogP contribution in [0.1, 0.15) is 104 Å². The van der Waals surface area contributed by atoms with Crippen molar-refractivity contribution in [1.82, 2.24) is 0 Å². The van der Waals surface area contributed by atoms with E-state index in [4.69, 9.17) is 4.65 Å². The summed E-state index contributed by atoms with van der Waals surface area (Å²) in [7, 11) is -7.83. The predicted molar refractivity (Wildman–Crippen MR) is 218 cm³/mol. The van der Waals surface area contributed by atoms with Crippen molar-refractivity contribution in [1.29, 1.82) is 0 Å². The summed E-state index contributed by atoms with van der Waals surface area (Å²) in [4.78, 5) is 0. The van der Waals surface area contributed by atoms with Gasteiger partial charge < -0.3 is 22.9 Å². The second-order valence-corrected chi connectivity index (χ2v) is 39.6. The normalized spacial score (nSPS) is 18.2. The third-order valence-corrected chi connectivity index (χ3v) is 29.1. The molecule has 0 N–H and O–H groups in total. The van der Waals surface area contributed by atoms with E-state index < -0.39 is 24.2 Å². The molecule has 0 aliphatic carbocycles. The van der Waals surface area contributed by atoms with Crippen molar-refractivity contribution in [2.75, 3.05) is 44.4 Å². The average molecular weight is 700 g/mol. The minimum absolute atomic E-state index is 0. The van der Waals surface area contributed by atoms with E-state index in [2.05, 4.69) is 190 Å². The van der Waals surface area contributed by atoms with Crippen molar-refractivity contribution in [3.8, 4) is 0 Å². The fourth-order valence-electron chi connectivity index (χ4n) is 7.90. The van der Waals surface area contributed by atoms with Gasteiger partial charge in [0.25, 0.3) is 0 Å². The number of hydrogen-bond donors (Lipinski definition) is 0. The van der Waals surface area contributed by atoms with Gasteiger partial charge in [0.2, 0.25) is 0 Å². The molecule has 48 heavy (non-hydrogen) atoms. The minimum Gasteiger partial charge on any atom is -0.598 e. The zero-order valence-electron chi connectivity index (χ0n) is 34.7. The molecule has 4 rings (SSSR count). The summed E-state index contributed by atoms with van der Waals surface area (Å²) in [5, 5.41) is -0.0717. The largest absolute Gasteiger partial charge is 1.00 e. The van der Waals surface area contributed by atoms with Crippen LogP contribution >= 0.6 is 0 Å². The monoisotopic (exact) mass is 700 g/mol. The third kappa shape index (κ3) is 7.84. The van der Waals surface area contributed by atoms with Gasteiger partial charge in [-0.05, 0) is 51.0 Å². The van der Waals surface area contributed by atoms with Gasteiger partial charge in [0, 0.05) is 26.2 Å². The maximum Gasteiger partial charge on any atom is 1.00 e. The molecule has 2 aromatic rings. The Morgan fingerprint density at radius 3 is 0.958 bits per heavy atom. The van der Waals surface area contributed by atoms with E-state index in [1.807, 2.05) is 0 Å². The Balaban J connectivity index is 0.00000625. The van der Waals surface area contributed by atoms with Crippen molar-refractivity contribution in [2.24, 2.45) is 21.7 Å². The van der Waals surface area contributed by atoms with Gasteiger partial charge in [-0.2, -0.15) is 0 Å². The van der Waals surface area contributed by atoms with Crippen LogP contribution in [0.2, 0.25) is 24.7 Å². The summed E-state index contributed by atoms with van der Waals surface area (Å²) in [6.45, 7) is 48.5. The van der Waals surface area contributed by atoms with Gasteiger partial charge in [-0.1, -0.05) is 148 Å². The molecule has 2 aliphatic rings. The zero-order chi connectivity index (χ0) is 35.8. The van der Waals surface area contributed by atoms with Crippen molar-refractivity contribution < 1.29 is 18.9 Å². The van der Waals surface area contributed by atoms with Crippen molar-refractivity contribution in [2.45, 2.75) is 129 Å². The van der Waals surface area contributed by atoms with Crippen molar-refractivity contribution in [3.63, 3.8) is 0 Å². The van der Waals surface area contributed by atoms with Crippen molar-refractivity contribution in [3.05, 3.63) is 53.2 Å². The molecule has 2 aliphatic heterocycles. The second-order valence-electron chi connectivity index (χ2n) is 21.4. The van der Waals surface area contributed by atoms with Crippen LogP contribution in [0, 0.1) is 21.7 Å². The summed E-state index contributed by atoms with van der Waals surface area (Å²) >= 11 is 0. The third-order valence-electron chi connectivity index (χ3n) is 9.29. The first kappa shape index (κ1) is 41.3. The maximum atomic E-state index is 7.02. The first-order chi connectivity index (χ1) is 21.0. The Morgan fingerprint density at radius 2 is 0.729 bits per heavy atom. The van der Waals surface area contributed by atoms with E-state index in [-0.39, 0.29) is 45.6 Å². The molecule has 2 aromatic carbocycles. The number of anilines is 4. The molecule has 264 valence electrons. The average Bonchev–Trinajstić information content (AvgIpc) is 3.24. The van der Waals surface area contributed by atoms with E-state index in [1.54, 1.807) is 0 Å². The van der Waals surface area contributed by atoms with Crippen LogP contribution in [-0.2, 0) is 0 Å². The molecule has 0 amide bonds. The van der Waals surface area contributed by atoms with Crippen LogP contribution in [-0.4, -0.2) is 50.4 Å². The number of hydrogen-bond acceptors (Lipinski definition) is 4. The van der Waals surface area contributed by atoms with Gasteiger partial charge in [0.15, 0.2) is 8.56 Å². The van der Waals surface area contributed by atoms with E-state index in [9.17, 15) is 0 Å². The number of benzene rings is 2. The predicted octanol–water partition coefficient (Wildman–Crippen LogP) is 8.30. The zero-order valence-corrected chi connectivity index (χ0v) is 37.7. The Labute approximate surface area is 312 Å². The quantitative estimate of drug-likeness (QED) is 0.272. The molecule has 0 atom stereocenters. The van der Waals surface area contributed by atoms with E-state index >= 15 is 0 Å². The molecular formula is C39H70LiN5Si3. The SMILES string of the molecule is CC(C)(C)CN1c2ccccc2N(CC(C)(C)C)[Si]1([N-][Si]1([Si](C)(C)C)N(CC(C)(C)C)c2ccccc2N1CC(C)(C)C)C(C)(C)C.[Li+]. The van der Waals surface area contributed by atoms with Gasteiger partial charge >= 0.3 is 18.9 Å². The van der Waals surface area contributed by atoms with Gasteiger partial charge in [0.05, 0.1) is 30.3 Å². The maximum absolute atomic E-state index is 7.02. The van der Waals surface area contributed by atoms with Gasteiger partial charge in [-0.3, -0.25) is 0 Å². The molecule has 0 saturated carbocycles. The first-order valence-electron chi connectivity index (χ1n) is 18.1. The molecule has 0 spiro atoms. The Bertz CT molecular complexity index is 1230. The minimum atomic E-state index is -2.93. The van der Waals surface area contributed by atoms with Gasteiger partial charge in [-0.25, -0.2) is 0 Å². The molecule has 0 aromatic heterocycles. The molecule has 0 unspecified atom stereocenters. The molecule has 0 bridgehead atoms. The van der Waals surface area contributed by atoms with Gasteiger partial charge in [0.1, 0.15) is 8.08 Å².